The van der Waals surface area contributed by atoms with E-state index < -0.39 is 0 Å². The maximum atomic E-state index is 13.1. The molecule has 8 nitrogen and oxygen atoms in total. The van der Waals surface area contributed by atoms with Gasteiger partial charge >= 0.3 is 5.69 Å². The number of fused-ring (bicyclic) bond motifs is 1. The molecule has 0 saturated carbocycles. The van der Waals surface area contributed by atoms with Gasteiger partial charge in [0.15, 0.2) is 11.2 Å². The number of piperazine rings is 1. The van der Waals surface area contributed by atoms with E-state index in [-0.39, 0.29) is 17.1 Å². The molecule has 9 heteroatoms. The number of benzene rings is 1. The zero-order valence-corrected chi connectivity index (χ0v) is 15.3. The van der Waals surface area contributed by atoms with Crippen LogP contribution in [0.3, 0.4) is 0 Å². The number of imidazole rings is 1. The fourth-order valence-corrected chi connectivity index (χ4v) is 3.52. The molecule has 1 aliphatic heterocycles. The van der Waals surface area contributed by atoms with Crippen molar-refractivity contribution in [2.24, 2.45) is 14.1 Å². The van der Waals surface area contributed by atoms with E-state index in [0.717, 1.165) is 36.4 Å². The van der Waals surface area contributed by atoms with Gasteiger partial charge in [-0.05, 0) is 24.3 Å². The van der Waals surface area contributed by atoms with Crippen LogP contribution in [0, 0.1) is 5.82 Å². The van der Waals surface area contributed by atoms with Crippen LogP contribution in [-0.4, -0.2) is 49.8 Å². The summed E-state index contributed by atoms with van der Waals surface area (Å²) >= 11 is 0. The summed E-state index contributed by atoms with van der Waals surface area (Å²) in [5, 5.41) is 0. The van der Waals surface area contributed by atoms with Crippen molar-refractivity contribution in [2.75, 3.05) is 31.1 Å². The van der Waals surface area contributed by atoms with Crippen LogP contribution < -0.4 is 16.1 Å². The summed E-state index contributed by atoms with van der Waals surface area (Å²) in [6.07, 6.45) is 1.61. The molecular weight excluding hydrogens is 351 g/mol. The molecule has 0 spiro atoms. The number of halogens is 1. The van der Waals surface area contributed by atoms with Crippen molar-refractivity contribution in [2.45, 2.75) is 6.67 Å². The minimum atomic E-state index is -0.384. The lowest BCUT2D eigenvalue weighted by atomic mass is 10.2. The van der Waals surface area contributed by atoms with Crippen molar-refractivity contribution in [1.29, 1.82) is 0 Å². The highest BCUT2D eigenvalue weighted by atomic mass is 19.1. The highest BCUT2D eigenvalue weighted by Crippen LogP contribution is 2.17. The van der Waals surface area contributed by atoms with E-state index in [1.165, 1.54) is 23.7 Å². The fourth-order valence-electron chi connectivity index (χ4n) is 3.52. The molecule has 27 heavy (non-hydrogen) atoms. The Balaban J connectivity index is 1.52. The number of aryl methyl sites for hydroxylation is 1. The minimum Gasteiger partial charge on any atom is -0.369 e. The first-order valence-electron chi connectivity index (χ1n) is 8.79. The average Bonchev–Trinajstić information content (AvgIpc) is 3.10. The number of aromatic nitrogens is 4. The van der Waals surface area contributed by atoms with Crippen molar-refractivity contribution < 1.29 is 4.39 Å². The van der Waals surface area contributed by atoms with Gasteiger partial charge in [0.25, 0.3) is 5.56 Å². The molecule has 0 amide bonds. The van der Waals surface area contributed by atoms with Crippen LogP contribution in [0.5, 0.6) is 0 Å². The Morgan fingerprint density at radius 3 is 2.33 bits per heavy atom. The van der Waals surface area contributed by atoms with Gasteiger partial charge in [0, 0.05) is 46.0 Å². The van der Waals surface area contributed by atoms with Gasteiger partial charge in [-0.15, -0.1) is 0 Å². The van der Waals surface area contributed by atoms with Gasteiger partial charge in [-0.2, -0.15) is 0 Å². The molecule has 0 N–H and O–H groups in total. The maximum absolute atomic E-state index is 13.1. The Morgan fingerprint density at radius 2 is 1.67 bits per heavy atom. The number of hydrogen-bond donors (Lipinski definition) is 0. The molecule has 1 fully saturated rings. The minimum absolute atomic E-state index is 0.236. The first kappa shape index (κ1) is 17.5. The van der Waals surface area contributed by atoms with E-state index in [0.29, 0.717) is 17.8 Å². The van der Waals surface area contributed by atoms with E-state index >= 15 is 0 Å². The van der Waals surface area contributed by atoms with Crippen LogP contribution >= 0.6 is 0 Å². The van der Waals surface area contributed by atoms with E-state index in [1.54, 1.807) is 30.1 Å². The fraction of sp³-hybridized carbons (Fsp3) is 0.389. The van der Waals surface area contributed by atoms with E-state index in [1.807, 2.05) is 0 Å². The highest BCUT2D eigenvalue weighted by Gasteiger charge is 2.20. The summed E-state index contributed by atoms with van der Waals surface area (Å²) in [5.74, 6) is -0.236. The summed E-state index contributed by atoms with van der Waals surface area (Å²) in [6.45, 7) is 3.77. The molecule has 0 bridgehead atoms. The zero-order valence-electron chi connectivity index (χ0n) is 15.3. The topological polar surface area (TPSA) is 68.3 Å². The third-order valence-corrected chi connectivity index (χ3v) is 5.13. The molecule has 2 aromatic heterocycles. The Hall–Kier alpha value is -2.94. The number of nitrogens with zero attached hydrogens (tertiary/aromatic N) is 6. The summed E-state index contributed by atoms with van der Waals surface area (Å²) in [7, 11) is 3.09. The molecule has 0 radical (unpaired) electrons. The van der Waals surface area contributed by atoms with Crippen molar-refractivity contribution in [3.05, 3.63) is 57.2 Å². The Kier molecular flexibility index (Phi) is 4.31. The predicted octanol–water partition coefficient (Wildman–Crippen LogP) is 0.352. The lowest BCUT2D eigenvalue weighted by Crippen LogP contribution is -2.47. The normalized spacial score (nSPS) is 15.6. The lowest BCUT2D eigenvalue weighted by molar-refractivity contribution is 0.208. The van der Waals surface area contributed by atoms with Crippen LogP contribution in [0.2, 0.25) is 0 Å². The number of anilines is 1. The second-order valence-electron chi connectivity index (χ2n) is 6.82. The maximum Gasteiger partial charge on any atom is 0.332 e. The van der Waals surface area contributed by atoms with Crippen LogP contribution in [0.25, 0.3) is 11.2 Å². The zero-order chi connectivity index (χ0) is 19.1. The third-order valence-electron chi connectivity index (χ3n) is 5.13. The SMILES string of the molecule is Cn1c(=O)c2c(ncn2CN2CCN(c3ccc(F)cc3)CC2)n(C)c1=O. The van der Waals surface area contributed by atoms with Gasteiger partial charge in [0.2, 0.25) is 0 Å². The Labute approximate surface area is 154 Å². The average molecular weight is 372 g/mol. The largest absolute Gasteiger partial charge is 0.369 e. The number of rotatable bonds is 3. The molecular formula is C18H21FN6O2. The van der Waals surface area contributed by atoms with Crippen molar-refractivity contribution >= 4 is 16.9 Å². The molecule has 0 aliphatic carbocycles. The van der Waals surface area contributed by atoms with Gasteiger partial charge in [-0.25, -0.2) is 14.2 Å². The first-order chi connectivity index (χ1) is 13.0. The standard InChI is InChI=1S/C18H21FN6O2/c1-21-16-15(17(26)22(2)18(21)27)25(11-20-16)12-23-7-9-24(10-8-23)14-5-3-13(19)4-6-14/h3-6,11H,7-10,12H2,1-2H3. The van der Waals surface area contributed by atoms with E-state index in [2.05, 4.69) is 14.8 Å². The predicted molar refractivity (Wildman–Crippen MR) is 100 cm³/mol. The molecule has 0 unspecified atom stereocenters. The quantitative estimate of drug-likeness (QED) is 0.664. The van der Waals surface area contributed by atoms with Gasteiger partial charge in [0.05, 0.1) is 13.0 Å². The monoisotopic (exact) mass is 372 g/mol. The second-order valence-corrected chi connectivity index (χ2v) is 6.82. The van der Waals surface area contributed by atoms with Crippen molar-refractivity contribution in [3.8, 4) is 0 Å². The molecule has 142 valence electrons. The van der Waals surface area contributed by atoms with Gasteiger partial charge in [0.1, 0.15) is 5.82 Å². The summed E-state index contributed by atoms with van der Waals surface area (Å²) in [4.78, 5) is 33.3. The van der Waals surface area contributed by atoms with E-state index in [9.17, 15) is 14.0 Å². The van der Waals surface area contributed by atoms with Crippen LogP contribution in [0.15, 0.2) is 40.2 Å². The van der Waals surface area contributed by atoms with Crippen LogP contribution in [0.4, 0.5) is 10.1 Å². The molecule has 3 aromatic rings. The summed E-state index contributed by atoms with van der Waals surface area (Å²) < 4.78 is 17.4. The van der Waals surface area contributed by atoms with Crippen LogP contribution in [-0.2, 0) is 20.8 Å². The molecule has 3 heterocycles. The molecule has 1 aliphatic rings. The van der Waals surface area contributed by atoms with Gasteiger partial charge < -0.3 is 9.47 Å². The second kappa shape index (κ2) is 6.66. The third kappa shape index (κ3) is 3.03. The van der Waals surface area contributed by atoms with E-state index in [4.69, 9.17) is 0 Å². The molecule has 0 atom stereocenters. The molecule has 1 aromatic carbocycles. The first-order valence-corrected chi connectivity index (χ1v) is 8.79. The van der Waals surface area contributed by atoms with Crippen molar-refractivity contribution in [1.82, 2.24) is 23.6 Å². The van der Waals surface area contributed by atoms with Crippen LogP contribution in [0.1, 0.15) is 0 Å². The summed E-state index contributed by atoms with van der Waals surface area (Å²) in [6, 6.07) is 6.52. The Morgan fingerprint density at radius 1 is 1.00 bits per heavy atom. The number of hydrogen-bond acceptors (Lipinski definition) is 5. The van der Waals surface area contributed by atoms with Crippen molar-refractivity contribution in [3.63, 3.8) is 0 Å². The molecule has 4 rings (SSSR count). The summed E-state index contributed by atoms with van der Waals surface area (Å²) in [5.41, 5.74) is 1.11. The Bertz CT molecular complexity index is 1090. The lowest BCUT2D eigenvalue weighted by Gasteiger charge is -2.36. The smallest absolute Gasteiger partial charge is 0.332 e. The van der Waals surface area contributed by atoms with Gasteiger partial charge in [-0.1, -0.05) is 0 Å². The highest BCUT2D eigenvalue weighted by molar-refractivity contribution is 5.69. The molecule has 1 saturated heterocycles. The van der Waals surface area contributed by atoms with Gasteiger partial charge in [-0.3, -0.25) is 18.8 Å².